The van der Waals surface area contributed by atoms with Gasteiger partial charge in [0.1, 0.15) is 6.04 Å². The number of alkyl halides is 3. The Labute approximate surface area is 176 Å². The van der Waals surface area contributed by atoms with Crippen LogP contribution in [0.1, 0.15) is 28.2 Å². The fourth-order valence-corrected chi connectivity index (χ4v) is 4.11. The van der Waals surface area contributed by atoms with Crippen molar-refractivity contribution in [2.45, 2.75) is 24.6 Å². The summed E-state index contributed by atoms with van der Waals surface area (Å²) < 4.78 is 38.8. The van der Waals surface area contributed by atoms with Gasteiger partial charge in [-0.05, 0) is 33.9 Å². The molecule has 0 unspecified atom stereocenters. The second-order valence-corrected chi connectivity index (χ2v) is 7.41. The first kappa shape index (κ1) is 20.7. The summed E-state index contributed by atoms with van der Waals surface area (Å²) in [5, 5.41) is 12.4. The quantitative estimate of drug-likeness (QED) is 0.627. The van der Waals surface area contributed by atoms with Crippen molar-refractivity contribution in [2.75, 3.05) is 0 Å². The predicted octanol–water partition coefficient (Wildman–Crippen LogP) is 4.63. The van der Waals surface area contributed by atoms with Gasteiger partial charge in [-0.1, -0.05) is 66.7 Å². The van der Waals surface area contributed by atoms with Crippen LogP contribution in [0.5, 0.6) is 0 Å². The molecular formula is C24H18F3NO3. The largest absolute Gasteiger partial charge is 0.480 e. The first-order valence-corrected chi connectivity index (χ1v) is 9.62. The Morgan fingerprint density at radius 3 is 2.03 bits per heavy atom. The van der Waals surface area contributed by atoms with Crippen LogP contribution in [0.3, 0.4) is 0 Å². The molecule has 0 saturated carbocycles. The van der Waals surface area contributed by atoms with E-state index in [0.717, 1.165) is 34.4 Å². The summed E-state index contributed by atoms with van der Waals surface area (Å²) in [5.74, 6) is -2.47. The van der Waals surface area contributed by atoms with Crippen LogP contribution < -0.4 is 5.32 Å². The second kappa shape index (κ2) is 7.91. The molecule has 3 aromatic carbocycles. The van der Waals surface area contributed by atoms with Gasteiger partial charge in [-0.25, -0.2) is 4.79 Å². The standard InChI is InChI=1S/C24H18F3NO3/c25-24(26,27)15-7-5-6-14(12-15)13-20(29)28-22(23(30)31)21-18-10-3-1-8-16(18)17-9-2-4-11-19(17)21/h1-12,21-22H,13H2,(H,28,29)(H,30,31)/t22-/m1/s1. The van der Waals surface area contributed by atoms with Gasteiger partial charge in [0.15, 0.2) is 0 Å². The van der Waals surface area contributed by atoms with Crippen molar-refractivity contribution in [1.82, 2.24) is 5.32 Å². The van der Waals surface area contributed by atoms with E-state index in [1.54, 1.807) is 12.1 Å². The van der Waals surface area contributed by atoms with E-state index in [1.165, 1.54) is 12.1 Å². The lowest BCUT2D eigenvalue weighted by atomic mass is 9.89. The third-order valence-corrected chi connectivity index (χ3v) is 5.42. The van der Waals surface area contributed by atoms with Gasteiger partial charge in [0, 0.05) is 5.92 Å². The number of hydrogen-bond acceptors (Lipinski definition) is 2. The third-order valence-electron chi connectivity index (χ3n) is 5.42. The summed E-state index contributed by atoms with van der Waals surface area (Å²) in [6, 6.07) is 18.0. The monoisotopic (exact) mass is 425 g/mol. The van der Waals surface area contributed by atoms with E-state index in [-0.39, 0.29) is 12.0 Å². The molecule has 0 fully saturated rings. The van der Waals surface area contributed by atoms with Crippen molar-refractivity contribution < 1.29 is 27.9 Å². The van der Waals surface area contributed by atoms with Crippen LogP contribution in [-0.2, 0) is 22.2 Å². The molecule has 4 rings (SSSR count). The number of carboxylic acids is 1. The van der Waals surface area contributed by atoms with Crippen molar-refractivity contribution >= 4 is 11.9 Å². The minimum atomic E-state index is -4.52. The molecule has 1 aliphatic rings. The lowest BCUT2D eigenvalue weighted by Crippen LogP contribution is -2.45. The fourth-order valence-electron chi connectivity index (χ4n) is 4.11. The SMILES string of the molecule is O=C(Cc1cccc(C(F)(F)F)c1)N[C@@H](C(=O)O)C1c2ccccc2-c2ccccc21. The Bertz CT molecular complexity index is 1110. The maximum atomic E-state index is 12.9. The zero-order chi connectivity index (χ0) is 22.2. The highest BCUT2D eigenvalue weighted by Crippen LogP contribution is 2.46. The highest BCUT2D eigenvalue weighted by atomic mass is 19.4. The van der Waals surface area contributed by atoms with Gasteiger partial charge in [-0.2, -0.15) is 13.2 Å². The van der Waals surface area contributed by atoms with E-state index in [0.29, 0.717) is 0 Å². The van der Waals surface area contributed by atoms with Crippen molar-refractivity contribution in [3.8, 4) is 11.1 Å². The Hall–Kier alpha value is -3.61. The zero-order valence-electron chi connectivity index (χ0n) is 16.2. The molecule has 31 heavy (non-hydrogen) atoms. The van der Waals surface area contributed by atoms with Crippen LogP contribution in [0.2, 0.25) is 0 Å². The Kier molecular flexibility index (Phi) is 5.27. The maximum absolute atomic E-state index is 12.9. The first-order valence-electron chi connectivity index (χ1n) is 9.62. The number of carbonyl (C=O) groups excluding carboxylic acids is 1. The highest BCUT2D eigenvalue weighted by Gasteiger charge is 2.39. The van der Waals surface area contributed by atoms with Gasteiger partial charge < -0.3 is 10.4 Å². The first-order chi connectivity index (χ1) is 14.8. The fraction of sp³-hybridized carbons (Fsp3) is 0.167. The molecule has 0 aliphatic heterocycles. The van der Waals surface area contributed by atoms with Crippen molar-refractivity contribution in [3.05, 3.63) is 95.1 Å². The molecule has 7 heteroatoms. The topological polar surface area (TPSA) is 66.4 Å². The molecule has 0 heterocycles. The smallest absolute Gasteiger partial charge is 0.416 e. The summed E-state index contributed by atoms with van der Waals surface area (Å²) in [4.78, 5) is 24.7. The number of carbonyl (C=O) groups is 2. The van der Waals surface area contributed by atoms with Gasteiger partial charge in [-0.3, -0.25) is 4.79 Å². The lowest BCUT2D eigenvalue weighted by Gasteiger charge is -2.23. The number of nitrogens with one attached hydrogen (secondary N) is 1. The minimum Gasteiger partial charge on any atom is -0.480 e. The maximum Gasteiger partial charge on any atom is 0.416 e. The molecule has 0 aromatic heterocycles. The van der Waals surface area contributed by atoms with Crippen LogP contribution in [0.4, 0.5) is 13.2 Å². The molecule has 158 valence electrons. The summed E-state index contributed by atoms with van der Waals surface area (Å²) in [6.45, 7) is 0. The summed E-state index contributed by atoms with van der Waals surface area (Å²) in [6.07, 6.45) is -4.88. The third kappa shape index (κ3) is 4.03. The normalized spacial score (nSPS) is 13.9. The number of benzene rings is 3. The van der Waals surface area contributed by atoms with Crippen molar-refractivity contribution in [2.24, 2.45) is 0 Å². The molecule has 0 spiro atoms. The van der Waals surface area contributed by atoms with Crippen LogP contribution in [-0.4, -0.2) is 23.0 Å². The molecule has 1 amide bonds. The van der Waals surface area contributed by atoms with E-state index in [4.69, 9.17) is 0 Å². The molecular weight excluding hydrogens is 407 g/mol. The molecule has 0 radical (unpaired) electrons. The van der Waals surface area contributed by atoms with Gasteiger partial charge in [-0.15, -0.1) is 0 Å². The Morgan fingerprint density at radius 2 is 1.48 bits per heavy atom. The number of amides is 1. The Balaban J connectivity index is 1.61. The van der Waals surface area contributed by atoms with Gasteiger partial charge >= 0.3 is 12.1 Å². The van der Waals surface area contributed by atoms with Crippen LogP contribution >= 0.6 is 0 Å². The van der Waals surface area contributed by atoms with Gasteiger partial charge in [0.25, 0.3) is 0 Å². The van der Waals surface area contributed by atoms with Crippen LogP contribution in [0.25, 0.3) is 11.1 Å². The van der Waals surface area contributed by atoms with Crippen LogP contribution in [0, 0.1) is 0 Å². The predicted molar refractivity (Wildman–Crippen MR) is 108 cm³/mol. The highest BCUT2D eigenvalue weighted by molar-refractivity contribution is 5.89. The molecule has 0 saturated heterocycles. The number of rotatable bonds is 5. The molecule has 0 bridgehead atoms. The number of halogens is 3. The van der Waals surface area contributed by atoms with E-state index < -0.39 is 35.6 Å². The van der Waals surface area contributed by atoms with E-state index in [9.17, 15) is 27.9 Å². The van der Waals surface area contributed by atoms with E-state index in [2.05, 4.69) is 5.32 Å². The average Bonchev–Trinajstić information content (AvgIpc) is 3.06. The Morgan fingerprint density at radius 1 is 0.903 bits per heavy atom. The second-order valence-electron chi connectivity index (χ2n) is 7.41. The van der Waals surface area contributed by atoms with Crippen LogP contribution in [0.15, 0.2) is 72.8 Å². The number of fused-ring (bicyclic) bond motifs is 3. The minimum absolute atomic E-state index is 0.156. The van der Waals surface area contributed by atoms with Crippen molar-refractivity contribution in [1.29, 1.82) is 0 Å². The molecule has 3 aromatic rings. The number of carboxylic acid groups (broad SMARTS) is 1. The van der Waals surface area contributed by atoms with E-state index >= 15 is 0 Å². The lowest BCUT2D eigenvalue weighted by molar-refractivity contribution is -0.142. The number of hydrogen-bond donors (Lipinski definition) is 2. The molecule has 1 aliphatic carbocycles. The van der Waals surface area contributed by atoms with Crippen molar-refractivity contribution in [3.63, 3.8) is 0 Å². The summed E-state index contributed by atoms with van der Waals surface area (Å²) in [5.41, 5.74) is 2.68. The zero-order valence-corrected chi connectivity index (χ0v) is 16.2. The number of aliphatic carboxylic acids is 1. The average molecular weight is 425 g/mol. The van der Waals surface area contributed by atoms with E-state index in [1.807, 2.05) is 36.4 Å². The summed E-state index contributed by atoms with van der Waals surface area (Å²) >= 11 is 0. The van der Waals surface area contributed by atoms with Gasteiger partial charge in [0.05, 0.1) is 12.0 Å². The summed E-state index contributed by atoms with van der Waals surface area (Å²) in [7, 11) is 0. The molecule has 4 nitrogen and oxygen atoms in total. The van der Waals surface area contributed by atoms with Gasteiger partial charge in [0.2, 0.25) is 5.91 Å². The molecule has 2 N–H and O–H groups in total. The molecule has 1 atom stereocenters.